The molecule has 1 spiro atoms. The normalized spacial score (nSPS) is 17.4. The quantitative estimate of drug-likeness (QED) is 0.599. The van der Waals surface area contributed by atoms with Gasteiger partial charge in [-0.05, 0) is 23.3 Å². The molecule has 0 radical (unpaired) electrons. The predicted octanol–water partition coefficient (Wildman–Crippen LogP) is 2.56. The van der Waals surface area contributed by atoms with Crippen LogP contribution in [0.5, 0.6) is 0 Å². The van der Waals surface area contributed by atoms with E-state index in [1.165, 1.54) is 0 Å². The Balaban J connectivity index is 2.20. The van der Waals surface area contributed by atoms with E-state index < -0.39 is 46.9 Å². The Hall–Kier alpha value is -2.70. The van der Waals surface area contributed by atoms with E-state index in [1.54, 1.807) is 0 Å². The highest BCUT2D eigenvalue weighted by Gasteiger charge is 2.56. The van der Waals surface area contributed by atoms with Crippen LogP contribution in [0.25, 0.3) is 11.1 Å². The van der Waals surface area contributed by atoms with Gasteiger partial charge in [0.15, 0.2) is 0 Å². The first-order valence-corrected chi connectivity index (χ1v) is 6.68. The second-order valence-electron chi connectivity index (χ2n) is 5.58. The summed E-state index contributed by atoms with van der Waals surface area (Å²) in [4.78, 5) is 24.0. The summed E-state index contributed by atoms with van der Waals surface area (Å²) in [5.74, 6) is -5.62. The van der Waals surface area contributed by atoms with Crippen molar-refractivity contribution < 1.29 is 27.2 Å². The van der Waals surface area contributed by atoms with Crippen LogP contribution in [0.1, 0.15) is 17.5 Å². The molecule has 2 aliphatic rings. The molecule has 1 aliphatic carbocycles. The van der Waals surface area contributed by atoms with Crippen LogP contribution in [0.3, 0.4) is 0 Å². The fourth-order valence-electron chi connectivity index (χ4n) is 3.51. The topological polar surface area (TPSA) is 46.2 Å². The van der Waals surface area contributed by atoms with Gasteiger partial charge in [0.2, 0.25) is 11.8 Å². The SMILES string of the molecule is O=C1CC2(C(=O)N1)c1cc(F)cc(F)c1-c1c(F)cc(F)cc12. The van der Waals surface area contributed by atoms with Crippen LogP contribution in [0, 0.1) is 23.3 Å². The molecule has 23 heavy (non-hydrogen) atoms. The minimum atomic E-state index is -1.81. The number of carbonyl (C=O) groups is 2. The number of fused-ring (bicyclic) bond motifs is 5. The van der Waals surface area contributed by atoms with Crippen LogP contribution in [-0.4, -0.2) is 11.8 Å². The van der Waals surface area contributed by atoms with Crippen molar-refractivity contribution in [2.75, 3.05) is 0 Å². The van der Waals surface area contributed by atoms with E-state index in [2.05, 4.69) is 0 Å². The fraction of sp³-hybridized carbons (Fsp3) is 0.125. The van der Waals surface area contributed by atoms with Gasteiger partial charge in [-0.1, -0.05) is 0 Å². The number of carbonyl (C=O) groups excluding carboxylic acids is 2. The summed E-state index contributed by atoms with van der Waals surface area (Å²) in [5, 5.41) is 2.04. The molecule has 2 aromatic rings. The van der Waals surface area contributed by atoms with Crippen molar-refractivity contribution in [3.05, 3.63) is 58.7 Å². The average molecular weight is 321 g/mol. The summed E-state index contributed by atoms with van der Waals surface area (Å²) in [6, 6.07) is 2.88. The highest BCUT2D eigenvalue weighted by molar-refractivity contribution is 6.14. The molecule has 4 rings (SSSR count). The summed E-state index contributed by atoms with van der Waals surface area (Å²) in [6.07, 6.45) is -0.461. The zero-order valence-corrected chi connectivity index (χ0v) is 11.3. The molecule has 2 aromatic carbocycles. The third-order valence-corrected chi connectivity index (χ3v) is 4.35. The lowest BCUT2D eigenvalue weighted by atomic mass is 9.76. The molecule has 3 nitrogen and oxygen atoms in total. The van der Waals surface area contributed by atoms with E-state index in [9.17, 15) is 27.2 Å². The van der Waals surface area contributed by atoms with Gasteiger partial charge < -0.3 is 0 Å². The third kappa shape index (κ3) is 1.59. The first-order valence-electron chi connectivity index (χ1n) is 6.68. The maximum absolute atomic E-state index is 14.3. The van der Waals surface area contributed by atoms with E-state index in [1.807, 2.05) is 5.32 Å². The van der Waals surface area contributed by atoms with Gasteiger partial charge in [0.1, 0.15) is 28.7 Å². The molecule has 0 bridgehead atoms. The van der Waals surface area contributed by atoms with Crippen LogP contribution in [0.15, 0.2) is 24.3 Å². The maximum atomic E-state index is 14.3. The lowest BCUT2D eigenvalue weighted by Crippen LogP contribution is -2.35. The number of nitrogens with one attached hydrogen (secondary N) is 1. The number of halogens is 4. The number of amides is 2. The van der Waals surface area contributed by atoms with E-state index in [-0.39, 0.29) is 22.3 Å². The average Bonchev–Trinajstić information content (AvgIpc) is 2.88. The van der Waals surface area contributed by atoms with Crippen molar-refractivity contribution in [2.24, 2.45) is 0 Å². The lowest BCUT2D eigenvalue weighted by molar-refractivity contribution is -0.125. The highest BCUT2D eigenvalue weighted by Crippen LogP contribution is 2.54. The third-order valence-electron chi connectivity index (χ3n) is 4.35. The Morgan fingerprint density at radius 1 is 0.826 bits per heavy atom. The molecular weight excluding hydrogens is 314 g/mol. The number of hydrogen-bond donors (Lipinski definition) is 1. The highest BCUT2D eigenvalue weighted by atomic mass is 19.1. The Bertz CT molecular complexity index is 865. The van der Waals surface area contributed by atoms with Gasteiger partial charge in [0, 0.05) is 29.7 Å². The van der Waals surface area contributed by atoms with Crippen LogP contribution in [0.4, 0.5) is 17.6 Å². The smallest absolute Gasteiger partial charge is 0.242 e. The van der Waals surface area contributed by atoms with Crippen LogP contribution in [0.2, 0.25) is 0 Å². The molecule has 1 heterocycles. The molecule has 116 valence electrons. The van der Waals surface area contributed by atoms with E-state index in [0.29, 0.717) is 12.1 Å². The fourth-order valence-corrected chi connectivity index (χ4v) is 3.51. The van der Waals surface area contributed by atoms with Crippen molar-refractivity contribution in [2.45, 2.75) is 11.8 Å². The molecule has 7 heteroatoms. The number of imide groups is 1. The van der Waals surface area contributed by atoms with Crippen molar-refractivity contribution in [3.8, 4) is 11.1 Å². The van der Waals surface area contributed by atoms with Crippen LogP contribution < -0.4 is 5.32 Å². The monoisotopic (exact) mass is 321 g/mol. The van der Waals surface area contributed by atoms with Gasteiger partial charge in [-0.2, -0.15) is 0 Å². The number of hydrogen-bond acceptors (Lipinski definition) is 2. The van der Waals surface area contributed by atoms with Gasteiger partial charge in [0.25, 0.3) is 0 Å². The Labute approximate surface area is 126 Å². The summed E-state index contributed by atoms with van der Waals surface area (Å²) < 4.78 is 55.8. The number of benzene rings is 2. The zero-order valence-electron chi connectivity index (χ0n) is 11.3. The first-order chi connectivity index (χ1) is 10.8. The van der Waals surface area contributed by atoms with E-state index in [4.69, 9.17) is 0 Å². The van der Waals surface area contributed by atoms with Gasteiger partial charge in [-0.25, -0.2) is 17.6 Å². The van der Waals surface area contributed by atoms with Crippen LogP contribution >= 0.6 is 0 Å². The predicted molar refractivity (Wildman–Crippen MR) is 70.3 cm³/mol. The molecule has 0 saturated carbocycles. The molecule has 1 N–H and O–H groups in total. The largest absolute Gasteiger partial charge is 0.295 e. The molecule has 1 fully saturated rings. The van der Waals surface area contributed by atoms with E-state index >= 15 is 0 Å². The second-order valence-corrected chi connectivity index (χ2v) is 5.58. The van der Waals surface area contributed by atoms with E-state index in [0.717, 1.165) is 12.1 Å². The van der Waals surface area contributed by atoms with Gasteiger partial charge in [0.05, 0.1) is 0 Å². The minimum absolute atomic E-state index is 0.169. The van der Waals surface area contributed by atoms with Gasteiger partial charge in [-0.3, -0.25) is 14.9 Å². The lowest BCUT2D eigenvalue weighted by Gasteiger charge is -2.22. The standard InChI is InChI=1S/C16H7F4NO2/c17-6-1-8-13(10(19)3-6)14-9(2-7(18)4-11(14)20)16(8)5-12(22)21-15(16)23/h1-4H,5H2,(H,21,22,23). The summed E-state index contributed by atoms with van der Waals surface area (Å²) in [6.45, 7) is 0. The van der Waals surface area contributed by atoms with Crippen LogP contribution in [-0.2, 0) is 15.0 Å². The maximum Gasteiger partial charge on any atom is 0.242 e. The summed E-state index contributed by atoms with van der Waals surface area (Å²) >= 11 is 0. The molecule has 2 amide bonds. The molecular formula is C16H7F4NO2. The van der Waals surface area contributed by atoms with Gasteiger partial charge in [-0.15, -0.1) is 0 Å². The number of rotatable bonds is 0. The first kappa shape index (κ1) is 13.9. The Morgan fingerprint density at radius 2 is 1.30 bits per heavy atom. The van der Waals surface area contributed by atoms with Crippen molar-refractivity contribution >= 4 is 11.8 Å². The summed E-state index contributed by atoms with van der Waals surface area (Å²) in [5.41, 5.74) is -2.78. The Kier molecular flexibility index (Phi) is 2.53. The zero-order chi connectivity index (χ0) is 16.5. The molecule has 0 aromatic heterocycles. The molecule has 0 atom stereocenters. The minimum Gasteiger partial charge on any atom is -0.295 e. The summed E-state index contributed by atoms with van der Waals surface area (Å²) in [7, 11) is 0. The van der Waals surface area contributed by atoms with Crippen molar-refractivity contribution in [1.82, 2.24) is 5.32 Å². The molecule has 0 unspecified atom stereocenters. The van der Waals surface area contributed by atoms with Gasteiger partial charge >= 0.3 is 0 Å². The van der Waals surface area contributed by atoms with Crippen molar-refractivity contribution in [1.29, 1.82) is 0 Å². The Morgan fingerprint density at radius 3 is 1.70 bits per heavy atom. The second kappa shape index (κ2) is 4.18. The van der Waals surface area contributed by atoms with Crippen molar-refractivity contribution in [3.63, 3.8) is 0 Å². The molecule has 1 aliphatic heterocycles. The molecule has 1 saturated heterocycles.